The number of anilines is 1. The zero-order valence-electron chi connectivity index (χ0n) is 18.2. The van der Waals surface area contributed by atoms with E-state index < -0.39 is 23.4 Å². The summed E-state index contributed by atoms with van der Waals surface area (Å²) < 4.78 is 45.9. The van der Waals surface area contributed by atoms with Gasteiger partial charge in [-0.3, -0.25) is 19.1 Å². The maximum absolute atomic E-state index is 13.1. The van der Waals surface area contributed by atoms with Gasteiger partial charge >= 0.3 is 11.9 Å². The minimum atomic E-state index is -4.57. The van der Waals surface area contributed by atoms with Crippen molar-refractivity contribution in [2.75, 3.05) is 38.0 Å². The lowest BCUT2D eigenvalue weighted by molar-refractivity contribution is -0.137. The normalized spacial score (nSPS) is 15.0. The molecule has 34 heavy (non-hydrogen) atoms. The number of hydrogen-bond donors (Lipinski definition) is 1. The van der Waals surface area contributed by atoms with Gasteiger partial charge in [0, 0.05) is 39.1 Å². The average molecular weight is 476 g/mol. The van der Waals surface area contributed by atoms with Crippen LogP contribution >= 0.6 is 0 Å². The molecule has 2 amide bonds. The number of rotatable bonds is 6. The molecule has 0 spiro atoms. The first kappa shape index (κ1) is 23.6. The summed E-state index contributed by atoms with van der Waals surface area (Å²) in [5.41, 5.74) is -0.0907. The highest BCUT2D eigenvalue weighted by atomic mass is 19.4. The predicted molar refractivity (Wildman–Crippen MR) is 118 cm³/mol. The van der Waals surface area contributed by atoms with Crippen LogP contribution in [0.4, 0.5) is 18.9 Å². The molecule has 1 N–H and O–H groups in total. The fourth-order valence-electron chi connectivity index (χ4n) is 3.98. The highest BCUT2D eigenvalue weighted by Gasteiger charge is 2.33. The molecule has 0 unspecified atom stereocenters. The molecule has 1 saturated heterocycles. The van der Waals surface area contributed by atoms with Crippen LogP contribution in [0.1, 0.15) is 12.0 Å². The maximum Gasteiger partial charge on any atom is 0.419 e. The van der Waals surface area contributed by atoms with Gasteiger partial charge in [-0.05, 0) is 24.3 Å². The summed E-state index contributed by atoms with van der Waals surface area (Å²) in [6.07, 6.45) is -4.44. The minimum Gasteiger partial charge on any atom is -0.408 e. The van der Waals surface area contributed by atoms with Crippen LogP contribution in [0.15, 0.2) is 57.7 Å². The molecular formula is C23H23F3N4O4. The van der Waals surface area contributed by atoms with Crippen LogP contribution in [0.3, 0.4) is 0 Å². The molecule has 0 saturated carbocycles. The zero-order valence-corrected chi connectivity index (χ0v) is 18.2. The number of alkyl halides is 3. The quantitative estimate of drug-likeness (QED) is 0.591. The fraction of sp³-hybridized carbons (Fsp3) is 0.348. The zero-order chi connectivity index (χ0) is 24.3. The Balaban J connectivity index is 1.26. The summed E-state index contributed by atoms with van der Waals surface area (Å²) in [6, 6.07) is 11.8. The van der Waals surface area contributed by atoms with E-state index in [-0.39, 0.29) is 31.1 Å². The van der Waals surface area contributed by atoms with E-state index in [1.807, 2.05) is 0 Å². The van der Waals surface area contributed by atoms with Gasteiger partial charge in [0.1, 0.15) is 0 Å². The van der Waals surface area contributed by atoms with Crippen molar-refractivity contribution in [3.63, 3.8) is 0 Å². The Morgan fingerprint density at radius 1 is 0.971 bits per heavy atom. The number of halogens is 3. The van der Waals surface area contributed by atoms with E-state index >= 15 is 0 Å². The van der Waals surface area contributed by atoms with Crippen molar-refractivity contribution in [3.8, 4) is 0 Å². The van der Waals surface area contributed by atoms with Crippen molar-refractivity contribution >= 4 is 28.6 Å². The molecule has 1 fully saturated rings. The lowest BCUT2D eigenvalue weighted by Gasteiger charge is -2.34. The number of fused-ring (bicyclic) bond motifs is 1. The lowest BCUT2D eigenvalue weighted by atomic mass is 10.1. The molecule has 180 valence electrons. The summed E-state index contributed by atoms with van der Waals surface area (Å²) in [7, 11) is 0. The Labute approximate surface area is 192 Å². The van der Waals surface area contributed by atoms with Gasteiger partial charge in [0.05, 0.1) is 23.3 Å². The number of carbonyl (C=O) groups is 2. The van der Waals surface area contributed by atoms with Crippen LogP contribution in [0.5, 0.6) is 0 Å². The monoisotopic (exact) mass is 476 g/mol. The number of nitrogens with one attached hydrogen (secondary N) is 1. The van der Waals surface area contributed by atoms with E-state index in [9.17, 15) is 27.6 Å². The number of piperazine rings is 1. The first-order valence-electron chi connectivity index (χ1n) is 10.8. The number of aryl methyl sites for hydroxylation is 1. The van der Waals surface area contributed by atoms with E-state index in [1.54, 1.807) is 34.1 Å². The topological polar surface area (TPSA) is 87.8 Å². The molecule has 8 nitrogen and oxygen atoms in total. The van der Waals surface area contributed by atoms with Gasteiger partial charge in [-0.15, -0.1) is 0 Å². The Morgan fingerprint density at radius 3 is 2.38 bits per heavy atom. The van der Waals surface area contributed by atoms with Gasteiger partial charge in [0.2, 0.25) is 11.8 Å². The summed E-state index contributed by atoms with van der Waals surface area (Å²) in [4.78, 5) is 40.4. The summed E-state index contributed by atoms with van der Waals surface area (Å²) in [5.74, 6) is -1.19. The third kappa shape index (κ3) is 5.30. The number of benzene rings is 2. The van der Waals surface area contributed by atoms with Crippen LogP contribution in [0.2, 0.25) is 0 Å². The van der Waals surface area contributed by atoms with Crippen LogP contribution in [-0.4, -0.2) is 58.9 Å². The first-order valence-corrected chi connectivity index (χ1v) is 10.8. The second-order valence-corrected chi connectivity index (χ2v) is 7.99. The van der Waals surface area contributed by atoms with Crippen molar-refractivity contribution in [3.05, 3.63) is 64.6 Å². The van der Waals surface area contributed by atoms with E-state index in [0.29, 0.717) is 37.3 Å². The standard InChI is InChI=1S/C23H23F3N4O4/c24-23(25,26)16-5-1-2-6-17(16)27-20(31)15-28-11-13-29(14-12-28)21(32)9-10-30-18-7-3-4-8-19(18)34-22(30)33/h1-8H,9-15H2,(H,27,31). The van der Waals surface area contributed by atoms with Crippen LogP contribution in [0.25, 0.3) is 11.1 Å². The molecule has 0 radical (unpaired) electrons. The molecule has 0 aliphatic carbocycles. The minimum absolute atomic E-state index is 0.0787. The highest BCUT2D eigenvalue weighted by molar-refractivity contribution is 5.93. The van der Waals surface area contributed by atoms with Gasteiger partial charge in [0.25, 0.3) is 0 Å². The molecule has 0 atom stereocenters. The Morgan fingerprint density at radius 2 is 1.65 bits per heavy atom. The lowest BCUT2D eigenvalue weighted by Crippen LogP contribution is -2.50. The number of amides is 2. The Hall–Kier alpha value is -3.60. The molecule has 11 heteroatoms. The molecule has 1 aliphatic heterocycles. The Kier molecular flexibility index (Phi) is 6.73. The third-order valence-corrected chi connectivity index (χ3v) is 5.72. The van der Waals surface area contributed by atoms with E-state index in [1.165, 1.54) is 22.8 Å². The predicted octanol–water partition coefficient (Wildman–Crippen LogP) is 2.79. The fourth-order valence-corrected chi connectivity index (χ4v) is 3.98. The molecule has 2 heterocycles. The number of hydrogen-bond acceptors (Lipinski definition) is 5. The number of oxazole rings is 1. The van der Waals surface area contributed by atoms with Gasteiger partial charge in [-0.1, -0.05) is 24.3 Å². The SMILES string of the molecule is O=C(CN1CCN(C(=O)CCn2c(=O)oc3ccccc32)CC1)Nc1ccccc1C(F)(F)F. The van der Waals surface area contributed by atoms with Crippen molar-refractivity contribution in [1.29, 1.82) is 0 Å². The first-order chi connectivity index (χ1) is 16.2. The second-order valence-electron chi connectivity index (χ2n) is 7.99. The number of aromatic nitrogens is 1. The average Bonchev–Trinajstić information content (AvgIpc) is 3.12. The number of carbonyl (C=O) groups excluding carboxylic acids is 2. The molecule has 1 aromatic heterocycles. The largest absolute Gasteiger partial charge is 0.419 e. The molecule has 3 aromatic rings. The van der Waals surface area contributed by atoms with E-state index in [0.717, 1.165) is 6.07 Å². The van der Waals surface area contributed by atoms with Crippen LogP contribution in [-0.2, 0) is 22.3 Å². The second kappa shape index (κ2) is 9.72. The molecular weight excluding hydrogens is 453 g/mol. The van der Waals surface area contributed by atoms with Crippen molar-refractivity contribution < 1.29 is 27.2 Å². The van der Waals surface area contributed by atoms with Gasteiger partial charge in [0.15, 0.2) is 5.58 Å². The smallest absolute Gasteiger partial charge is 0.408 e. The van der Waals surface area contributed by atoms with E-state index in [2.05, 4.69) is 5.32 Å². The highest BCUT2D eigenvalue weighted by Crippen LogP contribution is 2.34. The molecule has 1 aliphatic rings. The Bertz CT molecular complexity index is 1240. The van der Waals surface area contributed by atoms with E-state index in [4.69, 9.17) is 4.42 Å². The maximum atomic E-state index is 13.1. The van der Waals surface area contributed by atoms with Crippen LogP contribution in [0, 0.1) is 0 Å². The molecule has 0 bridgehead atoms. The van der Waals surface area contributed by atoms with Crippen molar-refractivity contribution in [2.24, 2.45) is 0 Å². The van der Waals surface area contributed by atoms with Crippen molar-refractivity contribution in [2.45, 2.75) is 19.1 Å². The van der Waals surface area contributed by atoms with Crippen molar-refractivity contribution in [1.82, 2.24) is 14.4 Å². The van der Waals surface area contributed by atoms with Gasteiger partial charge in [-0.2, -0.15) is 13.2 Å². The van der Waals surface area contributed by atoms with Gasteiger partial charge < -0.3 is 14.6 Å². The summed E-state index contributed by atoms with van der Waals surface area (Å²) in [6.45, 7) is 1.70. The molecule has 2 aromatic carbocycles. The summed E-state index contributed by atoms with van der Waals surface area (Å²) >= 11 is 0. The third-order valence-electron chi connectivity index (χ3n) is 5.72. The summed E-state index contributed by atoms with van der Waals surface area (Å²) in [5, 5.41) is 2.33. The number of nitrogens with zero attached hydrogens (tertiary/aromatic N) is 3. The number of para-hydroxylation sites is 3. The van der Waals surface area contributed by atoms with Gasteiger partial charge in [-0.25, -0.2) is 4.79 Å². The molecule has 4 rings (SSSR count). The van der Waals surface area contributed by atoms with Crippen LogP contribution < -0.4 is 11.1 Å².